The van der Waals surface area contributed by atoms with Crippen LogP contribution < -0.4 is 0 Å². The van der Waals surface area contributed by atoms with Crippen LogP contribution in [0.25, 0.3) is 0 Å². The van der Waals surface area contributed by atoms with Gasteiger partial charge in [0.15, 0.2) is 0 Å². The third kappa shape index (κ3) is 2.47. The molecule has 5 heteroatoms. The molecule has 0 aliphatic carbocycles. The van der Waals surface area contributed by atoms with E-state index in [0.717, 1.165) is 0 Å². The Balaban J connectivity index is 2.35. The van der Waals surface area contributed by atoms with Crippen LogP contribution in [0.15, 0.2) is 12.1 Å². The minimum atomic E-state index is -0.604. The maximum atomic E-state index is 14.0. The zero-order chi connectivity index (χ0) is 14.2. The summed E-state index contributed by atoms with van der Waals surface area (Å²) < 4.78 is 27.9. The topological polar surface area (TPSA) is 40.5 Å². The summed E-state index contributed by atoms with van der Waals surface area (Å²) in [6, 6.07) is 2.56. The lowest BCUT2D eigenvalue weighted by molar-refractivity contribution is -0.131. The summed E-state index contributed by atoms with van der Waals surface area (Å²) in [4.78, 5) is 13.4. The van der Waals surface area contributed by atoms with Crippen molar-refractivity contribution in [1.29, 1.82) is 0 Å². The van der Waals surface area contributed by atoms with E-state index in [9.17, 15) is 13.6 Å². The van der Waals surface area contributed by atoms with Gasteiger partial charge in [0.25, 0.3) is 0 Å². The molecular weight excluding hydrogens is 252 g/mol. The molecule has 1 aliphatic heterocycles. The maximum Gasteiger partial charge on any atom is 0.226 e. The summed E-state index contributed by atoms with van der Waals surface area (Å²) in [6.45, 7) is 3.59. The van der Waals surface area contributed by atoms with Crippen molar-refractivity contribution in [2.45, 2.75) is 19.8 Å². The fourth-order valence-corrected chi connectivity index (χ4v) is 2.67. The number of β-amino-alcohol motifs (C(OH)–C–C–N with tert-alkyl or cyclic N) is 1. The molecule has 0 bridgehead atoms. The van der Waals surface area contributed by atoms with Gasteiger partial charge >= 0.3 is 0 Å². The van der Waals surface area contributed by atoms with E-state index >= 15 is 0 Å². The fraction of sp³-hybridized carbons (Fsp3) is 0.500. The summed E-state index contributed by atoms with van der Waals surface area (Å²) in [5.74, 6) is -2.35. The van der Waals surface area contributed by atoms with Crippen LogP contribution in [0.1, 0.15) is 24.0 Å². The van der Waals surface area contributed by atoms with Crippen molar-refractivity contribution < 1.29 is 18.7 Å². The van der Waals surface area contributed by atoms with Gasteiger partial charge in [0.2, 0.25) is 5.91 Å². The lowest BCUT2D eigenvalue weighted by Gasteiger charge is -2.16. The highest BCUT2D eigenvalue weighted by molar-refractivity contribution is 5.82. The van der Waals surface area contributed by atoms with E-state index in [0.29, 0.717) is 5.56 Å². The van der Waals surface area contributed by atoms with E-state index in [-0.39, 0.29) is 31.2 Å². The largest absolute Gasteiger partial charge is 0.395 e. The zero-order valence-corrected chi connectivity index (χ0v) is 11.0. The Morgan fingerprint density at radius 2 is 1.95 bits per heavy atom. The lowest BCUT2D eigenvalue weighted by atomic mass is 9.88. The molecule has 1 aromatic carbocycles. The van der Waals surface area contributed by atoms with Crippen LogP contribution >= 0.6 is 0 Å². The first-order valence-electron chi connectivity index (χ1n) is 6.31. The Morgan fingerprint density at radius 3 is 2.47 bits per heavy atom. The Morgan fingerprint density at radius 1 is 1.37 bits per heavy atom. The number of amides is 1. The van der Waals surface area contributed by atoms with Gasteiger partial charge in [-0.05, 0) is 24.6 Å². The number of aliphatic hydroxyl groups excluding tert-OH is 1. The zero-order valence-electron chi connectivity index (χ0n) is 11.0. The number of aryl methyl sites for hydroxylation is 1. The van der Waals surface area contributed by atoms with E-state index in [1.807, 2.05) is 0 Å². The second-order valence-electron chi connectivity index (χ2n) is 5.05. The lowest BCUT2D eigenvalue weighted by Crippen LogP contribution is -2.29. The number of benzene rings is 1. The molecule has 1 saturated heterocycles. The first kappa shape index (κ1) is 13.9. The average Bonchev–Trinajstić information content (AvgIpc) is 2.57. The molecule has 1 aromatic rings. The van der Waals surface area contributed by atoms with Gasteiger partial charge in [0, 0.05) is 30.5 Å². The van der Waals surface area contributed by atoms with E-state index < -0.39 is 23.5 Å². The summed E-state index contributed by atoms with van der Waals surface area (Å²) in [5, 5.41) is 8.89. The van der Waals surface area contributed by atoms with Crippen LogP contribution in [0.5, 0.6) is 0 Å². The Hall–Kier alpha value is -1.49. The highest BCUT2D eigenvalue weighted by atomic mass is 19.1. The van der Waals surface area contributed by atoms with Crippen molar-refractivity contribution in [2.75, 3.05) is 19.7 Å². The summed E-state index contributed by atoms with van der Waals surface area (Å²) in [5.41, 5.74) is 0.495. The maximum absolute atomic E-state index is 14.0. The molecule has 1 aliphatic rings. The first-order valence-corrected chi connectivity index (χ1v) is 6.31. The number of likely N-dealkylation sites (tertiary alicyclic amines) is 1. The smallest absolute Gasteiger partial charge is 0.226 e. The van der Waals surface area contributed by atoms with Gasteiger partial charge in [-0.25, -0.2) is 8.78 Å². The number of nitrogens with zero attached hydrogens (tertiary/aromatic N) is 1. The van der Waals surface area contributed by atoms with Crippen molar-refractivity contribution in [3.05, 3.63) is 34.9 Å². The van der Waals surface area contributed by atoms with Gasteiger partial charge in [-0.3, -0.25) is 4.79 Å². The molecule has 1 amide bonds. The average molecular weight is 269 g/mol. The van der Waals surface area contributed by atoms with E-state index in [2.05, 4.69) is 0 Å². The Kier molecular flexibility index (Phi) is 3.85. The van der Waals surface area contributed by atoms with Crippen LogP contribution in [0.4, 0.5) is 8.78 Å². The molecule has 0 unspecified atom stereocenters. The van der Waals surface area contributed by atoms with E-state index in [1.54, 1.807) is 13.8 Å². The van der Waals surface area contributed by atoms with Crippen LogP contribution in [0.2, 0.25) is 0 Å². The van der Waals surface area contributed by atoms with Crippen molar-refractivity contribution in [3.63, 3.8) is 0 Å². The van der Waals surface area contributed by atoms with Gasteiger partial charge in [0.05, 0.1) is 6.61 Å². The van der Waals surface area contributed by atoms with Crippen LogP contribution in [0, 0.1) is 24.5 Å². The molecule has 1 fully saturated rings. The molecule has 104 valence electrons. The number of hydrogen-bond acceptors (Lipinski definition) is 2. The first-order chi connectivity index (χ1) is 8.95. The number of carbonyl (C=O) groups is 1. The third-order valence-corrected chi connectivity index (χ3v) is 3.69. The SMILES string of the molecule is Cc1cc(F)c([C@@H]2CN(CCO)C(=O)[C@H]2C)c(F)c1. The monoisotopic (exact) mass is 269 g/mol. The molecule has 0 radical (unpaired) electrons. The molecule has 1 N–H and O–H groups in total. The van der Waals surface area contributed by atoms with Crippen molar-refractivity contribution in [3.8, 4) is 0 Å². The molecule has 2 atom stereocenters. The standard InChI is InChI=1S/C14H17F2NO2/c1-8-5-11(15)13(12(16)6-8)10-7-17(3-4-18)14(19)9(10)2/h5-6,9-10,18H,3-4,7H2,1-2H3/t9-,10+/m0/s1. The quantitative estimate of drug-likeness (QED) is 0.909. The van der Waals surface area contributed by atoms with Gasteiger partial charge in [0.1, 0.15) is 11.6 Å². The molecule has 3 nitrogen and oxygen atoms in total. The number of aliphatic hydroxyl groups is 1. The van der Waals surface area contributed by atoms with Crippen LogP contribution in [-0.4, -0.2) is 35.6 Å². The van der Waals surface area contributed by atoms with Crippen molar-refractivity contribution in [2.24, 2.45) is 5.92 Å². The summed E-state index contributed by atoms with van der Waals surface area (Å²) in [7, 11) is 0. The predicted octanol–water partition coefficient (Wildman–Crippen LogP) is 1.83. The normalized spacial score (nSPS) is 23.2. The Labute approximate surface area is 110 Å². The van der Waals surface area contributed by atoms with E-state index in [1.165, 1.54) is 17.0 Å². The van der Waals surface area contributed by atoms with E-state index in [4.69, 9.17) is 5.11 Å². The molecule has 0 saturated carbocycles. The van der Waals surface area contributed by atoms with Crippen LogP contribution in [0.3, 0.4) is 0 Å². The summed E-state index contributed by atoms with van der Waals surface area (Å²) in [6.07, 6.45) is 0. The minimum absolute atomic E-state index is 0.0214. The molecular formula is C14H17F2NO2. The minimum Gasteiger partial charge on any atom is -0.395 e. The molecule has 19 heavy (non-hydrogen) atoms. The second kappa shape index (κ2) is 5.25. The highest BCUT2D eigenvalue weighted by Crippen LogP contribution is 2.36. The number of halogens is 2. The second-order valence-corrected chi connectivity index (χ2v) is 5.05. The number of hydrogen-bond donors (Lipinski definition) is 1. The van der Waals surface area contributed by atoms with Crippen molar-refractivity contribution in [1.82, 2.24) is 4.90 Å². The predicted molar refractivity (Wildman–Crippen MR) is 66.7 cm³/mol. The summed E-state index contributed by atoms with van der Waals surface area (Å²) >= 11 is 0. The fourth-order valence-electron chi connectivity index (χ4n) is 2.67. The van der Waals surface area contributed by atoms with Gasteiger partial charge in [-0.15, -0.1) is 0 Å². The molecule has 0 aromatic heterocycles. The van der Waals surface area contributed by atoms with Gasteiger partial charge < -0.3 is 10.0 Å². The molecule has 0 spiro atoms. The third-order valence-electron chi connectivity index (χ3n) is 3.69. The number of carbonyl (C=O) groups excluding carboxylic acids is 1. The van der Waals surface area contributed by atoms with Crippen molar-refractivity contribution >= 4 is 5.91 Å². The van der Waals surface area contributed by atoms with Gasteiger partial charge in [-0.2, -0.15) is 0 Å². The molecule has 2 rings (SSSR count). The Bertz CT molecular complexity index is 481. The molecule has 1 heterocycles. The van der Waals surface area contributed by atoms with Crippen LogP contribution in [-0.2, 0) is 4.79 Å². The van der Waals surface area contributed by atoms with Gasteiger partial charge in [-0.1, -0.05) is 6.92 Å². The number of rotatable bonds is 3. The highest BCUT2D eigenvalue weighted by Gasteiger charge is 2.40.